The highest BCUT2D eigenvalue weighted by molar-refractivity contribution is 6.31. The number of carbonyl (C=O) groups excluding carboxylic acids is 3. The highest BCUT2D eigenvalue weighted by atomic mass is 19.1. The van der Waals surface area contributed by atoms with Gasteiger partial charge in [-0.15, -0.1) is 0 Å². The number of halogens is 1. The molecular weight excluding hydrogens is 535 g/mol. The molecule has 1 spiro atoms. The van der Waals surface area contributed by atoms with Gasteiger partial charge in [0.2, 0.25) is 0 Å². The number of Topliss-reactive ketones (excluding diaryl/α,β-unsaturated/α-hetero) is 3. The highest BCUT2D eigenvalue weighted by Crippen LogP contribution is 2.65. The van der Waals surface area contributed by atoms with Crippen molar-refractivity contribution in [2.75, 3.05) is 14.2 Å². The highest BCUT2D eigenvalue weighted by Gasteiger charge is 2.73. The summed E-state index contributed by atoms with van der Waals surface area (Å²) in [5.74, 6) is -1.77. The largest absolute Gasteiger partial charge is 0.497 e. The van der Waals surface area contributed by atoms with Crippen LogP contribution in [0.15, 0.2) is 96.1 Å². The van der Waals surface area contributed by atoms with Crippen LogP contribution in [0.2, 0.25) is 0 Å². The molecule has 7 nitrogen and oxygen atoms in total. The number of rotatable bonds is 5. The molecule has 2 heterocycles. The zero-order chi connectivity index (χ0) is 29.2. The molecule has 0 bridgehead atoms. The predicted octanol–water partition coefficient (Wildman–Crippen LogP) is 5.65. The Morgan fingerprint density at radius 2 is 1.50 bits per heavy atom. The Bertz CT molecular complexity index is 1780. The zero-order valence-electron chi connectivity index (χ0n) is 22.8. The van der Waals surface area contributed by atoms with E-state index in [4.69, 9.17) is 14.6 Å². The summed E-state index contributed by atoms with van der Waals surface area (Å²) in [6.07, 6.45) is 1.65. The molecule has 42 heavy (non-hydrogen) atoms. The summed E-state index contributed by atoms with van der Waals surface area (Å²) in [7, 11) is 3.02. The molecular formula is C34H25FN2O5. The molecule has 4 aromatic carbocycles. The van der Waals surface area contributed by atoms with Crippen molar-refractivity contribution in [1.82, 2.24) is 5.01 Å². The molecule has 0 radical (unpaired) electrons. The lowest BCUT2D eigenvalue weighted by atomic mass is 9.62. The fourth-order valence-electron chi connectivity index (χ4n) is 6.98. The minimum absolute atomic E-state index is 0.235. The van der Waals surface area contributed by atoms with E-state index in [0.717, 1.165) is 5.56 Å². The van der Waals surface area contributed by atoms with Crippen molar-refractivity contribution >= 4 is 23.6 Å². The molecule has 3 unspecified atom stereocenters. The van der Waals surface area contributed by atoms with Gasteiger partial charge in [-0.2, -0.15) is 5.10 Å². The number of benzene rings is 4. The third-order valence-corrected chi connectivity index (χ3v) is 8.75. The second kappa shape index (κ2) is 9.48. The third-order valence-electron chi connectivity index (χ3n) is 8.75. The summed E-state index contributed by atoms with van der Waals surface area (Å²) in [5, 5.41) is 6.34. The maximum atomic E-state index is 14.8. The average molecular weight is 561 g/mol. The van der Waals surface area contributed by atoms with Crippen molar-refractivity contribution in [2.45, 2.75) is 18.0 Å². The molecule has 0 saturated carbocycles. The van der Waals surface area contributed by atoms with Crippen LogP contribution >= 0.6 is 0 Å². The third kappa shape index (κ3) is 3.38. The molecule has 3 aliphatic rings. The number of hydrazone groups is 1. The van der Waals surface area contributed by atoms with Gasteiger partial charge < -0.3 is 9.47 Å². The van der Waals surface area contributed by atoms with Gasteiger partial charge in [-0.05, 0) is 41.5 Å². The van der Waals surface area contributed by atoms with E-state index in [0.29, 0.717) is 33.8 Å². The van der Waals surface area contributed by atoms with Gasteiger partial charge in [0.25, 0.3) is 0 Å². The van der Waals surface area contributed by atoms with Crippen molar-refractivity contribution in [1.29, 1.82) is 0 Å². The zero-order valence-corrected chi connectivity index (χ0v) is 22.8. The van der Waals surface area contributed by atoms with Gasteiger partial charge in [-0.25, -0.2) is 4.39 Å². The van der Waals surface area contributed by atoms with Crippen LogP contribution in [0.25, 0.3) is 0 Å². The van der Waals surface area contributed by atoms with E-state index in [9.17, 15) is 18.8 Å². The van der Waals surface area contributed by atoms with Crippen LogP contribution in [-0.4, -0.2) is 48.8 Å². The van der Waals surface area contributed by atoms with Gasteiger partial charge in [0, 0.05) is 34.2 Å². The molecule has 1 fully saturated rings. The Balaban J connectivity index is 1.57. The number of ketones is 3. The molecule has 0 aromatic heterocycles. The Kier molecular flexibility index (Phi) is 5.83. The second-order valence-corrected chi connectivity index (χ2v) is 10.6. The summed E-state index contributed by atoms with van der Waals surface area (Å²) < 4.78 is 25.1. The van der Waals surface area contributed by atoms with Crippen LogP contribution in [0.1, 0.15) is 59.7 Å². The number of hydrogen-bond acceptors (Lipinski definition) is 7. The van der Waals surface area contributed by atoms with E-state index in [2.05, 4.69) is 0 Å². The number of ether oxygens (including phenoxy) is 2. The number of hydrogen-bond donors (Lipinski definition) is 0. The average Bonchev–Trinajstić information content (AvgIpc) is 3.46. The Morgan fingerprint density at radius 1 is 0.833 bits per heavy atom. The lowest BCUT2D eigenvalue weighted by Crippen LogP contribution is -2.44. The number of methoxy groups -OCH3 is 2. The van der Waals surface area contributed by atoms with Gasteiger partial charge in [0.1, 0.15) is 28.8 Å². The summed E-state index contributed by atoms with van der Waals surface area (Å²) in [4.78, 5) is 44.2. The van der Waals surface area contributed by atoms with Crippen LogP contribution in [0, 0.1) is 11.2 Å². The Labute approximate surface area is 241 Å². The molecule has 208 valence electrons. The molecule has 1 saturated heterocycles. The molecule has 4 aromatic rings. The van der Waals surface area contributed by atoms with Crippen molar-refractivity contribution in [3.05, 3.63) is 130 Å². The molecule has 8 heteroatoms. The molecule has 2 aliphatic heterocycles. The van der Waals surface area contributed by atoms with Crippen LogP contribution < -0.4 is 9.47 Å². The van der Waals surface area contributed by atoms with E-state index in [1.165, 1.54) is 38.5 Å². The molecule has 3 atom stereocenters. The summed E-state index contributed by atoms with van der Waals surface area (Å²) in [5.41, 5.74) is 1.07. The van der Waals surface area contributed by atoms with E-state index in [1.54, 1.807) is 53.7 Å². The van der Waals surface area contributed by atoms with Crippen molar-refractivity contribution in [3.63, 3.8) is 0 Å². The SMILES string of the molecule is COc1ccc(C2C(C(=O)c3ccc(F)cc3)N3N=Cc4ccccc4C3C23C(=O)c2ccccc2C3=O)c(OC)c1. The van der Waals surface area contributed by atoms with E-state index >= 15 is 0 Å². The van der Waals surface area contributed by atoms with E-state index in [-0.39, 0.29) is 17.1 Å². The maximum Gasteiger partial charge on any atom is 0.187 e. The summed E-state index contributed by atoms with van der Waals surface area (Å²) >= 11 is 0. The predicted molar refractivity (Wildman–Crippen MR) is 153 cm³/mol. The first kappa shape index (κ1) is 25.8. The maximum absolute atomic E-state index is 14.8. The first-order chi connectivity index (χ1) is 20.4. The summed E-state index contributed by atoms with van der Waals surface area (Å²) in [6, 6.07) is 22.6. The van der Waals surface area contributed by atoms with Crippen molar-refractivity contribution in [2.24, 2.45) is 10.5 Å². The van der Waals surface area contributed by atoms with Crippen molar-refractivity contribution in [3.8, 4) is 11.5 Å². The fraction of sp³-hybridized carbons (Fsp3) is 0.176. The fourth-order valence-corrected chi connectivity index (χ4v) is 6.98. The van der Waals surface area contributed by atoms with Crippen LogP contribution in [-0.2, 0) is 0 Å². The smallest absolute Gasteiger partial charge is 0.187 e. The van der Waals surface area contributed by atoms with E-state index in [1.807, 2.05) is 24.3 Å². The molecule has 1 aliphatic carbocycles. The molecule has 0 N–H and O–H groups in total. The van der Waals surface area contributed by atoms with Gasteiger partial charge in [-0.1, -0.05) is 54.6 Å². The minimum Gasteiger partial charge on any atom is -0.497 e. The lowest BCUT2D eigenvalue weighted by molar-refractivity contribution is 0.0585. The van der Waals surface area contributed by atoms with Crippen LogP contribution in [0.5, 0.6) is 11.5 Å². The monoisotopic (exact) mass is 560 g/mol. The van der Waals surface area contributed by atoms with Gasteiger partial charge in [-0.3, -0.25) is 19.4 Å². The van der Waals surface area contributed by atoms with Gasteiger partial charge >= 0.3 is 0 Å². The van der Waals surface area contributed by atoms with Crippen LogP contribution in [0.4, 0.5) is 4.39 Å². The minimum atomic E-state index is -1.75. The number of carbonyl (C=O) groups is 3. The molecule has 7 rings (SSSR count). The van der Waals surface area contributed by atoms with Gasteiger partial charge in [0.05, 0.1) is 26.5 Å². The Hall–Kier alpha value is -5.11. The molecule has 0 amide bonds. The van der Waals surface area contributed by atoms with E-state index < -0.39 is 35.0 Å². The number of fused-ring (bicyclic) bond motifs is 5. The van der Waals surface area contributed by atoms with Crippen LogP contribution in [0.3, 0.4) is 0 Å². The Morgan fingerprint density at radius 3 is 2.17 bits per heavy atom. The topological polar surface area (TPSA) is 85.3 Å². The lowest BCUT2D eigenvalue weighted by Gasteiger charge is -2.36. The quantitative estimate of drug-likeness (QED) is 0.232. The van der Waals surface area contributed by atoms with Crippen molar-refractivity contribution < 1.29 is 28.2 Å². The van der Waals surface area contributed by atoms with Gasteiger partial charge in [0.15, 0.2) is 17.3 Å². The number of nitrogens with zero attached hydrogens (tertiary/aromatic N) is 2. The first-order valence-corrected chi connectivity index (χ1v) is 13.5. The summed E-state index contributed by atoms with van der Waals surface area (Å²) in [6.45, 7) is 0. The first-order valence-electron chi connectivity index (χ1n) is 13.5. The standard InChI is InChI=1S/C34H25FN2O5/c1-41-22-15-16-26(27(17-22)42-2)28-29(30(38)19-11-13-21(35)14-12-19)37-31(23-8-4-3-7-20(23)18-36-37)34(28)32(39)24-9-5-6-10-25(24)33(34)40/h3-18,28-29,31H,1-2H3. The second-order valence-electron chi connectivity index (χ2n) is 10.6. The normalized spacial score (nSPS) is 21.2.